The molecule has 0 aliphatic rings. The highest BCUT2D eigenvalue weighted by Crippen LogP contribution is 1.97. The van der Waals surface area contributed by atoms with Gasteiger partial charge in [-0.05, 0) is 12.0 Å². The van der Waals surface area contributed by atoms with Gasteiger partial charge in [0.15, 0.2) is 0 Å². The molecule has 16 heavy (non-hydrogen) atoms. The van der Waals surface area contributed by atoms with Crippen molar-refractivity contribution in [3.05, 3.63) is 35.9 Å². The molecule has 0 aliphatic heterocycles. The Bertz CT molecular complexity index is 298. The van der Waals surface area contributed by atoms with Crippen LogP contribution in [0.5, 0.6) is 0 Å². The molecule has 0 unspecified atom stereocenters. The number of amides is 1. The molecule has 90 valence electrons. The molecule has 0 aliphatic carbocycles. The maximum absolute atomic E-state index is 10.7. The van der Waals surface area contributed by atoms with E-state index in [-0.39, 0.29) is 19.1 Å². The molecule has 2 N–H and O–H groups in total. The van der Waals surface area contributed by atoms with Crippen LogP contribution < -0.4 is 8.85 Å². The average molecular weight is 357 g/mol. The number of hydrogen-bond donors (Lipinski definition) is 2. The largest absolute Gasteiger partial charge is 0.433 e. The van der Waals surface area contributed by atoms with Crippen molar-refractivity contribution < 1.29 is 9.53 Å². The number of carbonyl (C=O) groups excluding carboxylic acids is 1. The van der Waals surface area contributed by atoms with Gasteiger partial charge in [-0.3, -0.25) is 8.85 Å². The fraction of sp³-hybridized carbons (Fsp3) is 0.300. The third-order valence-corrected chi connectivity index (χ3v) is 2.26. The van der Waals surface area contributed by atoms with Crippen LogP contribution in [-0.4, -0.2) is 19.4 Å². The van der Waals surface area contributed by atoms with E-state index in [1.165, 1.54) is 5.56 Å². The monoisotopic (exact) mass is 356 g/mol. The SMILES string of the molecule is Cl.O=C(NI)OCNCCc1ccccc1. The van der Waals surface area contributed by atoms with E-state index in [0.29, 0.717) is 0 Å². The lowest BCUT2D eigenvalue weighted by atomic mass is 10.2. The van der Waals surface area contributed by atoms with Crippen molar-refractivity contribution in [2.45, 2.75) is 6.42 Å². The van der Waals surface area contributed by atoms with E-state index in [0.717, 1.165) is 13.0 Å². The lowest BCUT2D eigenvalue weighted by Gasteiger charge is -2.05. The van der Waals surface area contributed by atoms with Crippen molar-refractivity contribution in [2.75, 3.05) is 13.3 Å². The Balaban J connectivity index is 0.00000225. The number of benzene rings is 1. The van der Waals surface area contributed by atoms with Crippen LogP contribution in [0.1, 0.15) is 5.56 Å². The number of hydrogen-bond acceptors (Lipinski definition) is 3. The highest BCUT2D eigenvalue weighted by atomic mass is 127. The molecule has 1 rings (SSSR count). The number of carbonyl (C=O) groups is 1. The Hall–Kier alpha value is -0.530. The molecule has 1 amide bonds. The lowest BCUT2D eigenvalue weighted by molar-refractivity contribution is 0.145. The predicted molar refractivity (Wildman–Crippen MR) is 73.9 cm³/mol. The fourth-order valence-electron chi connectivity index (χ4n) is 1.09. The summed E-state index contributed by atoms with van der Waals surface area (Å²) in [5.41, 5.74) is 1.27. The van der Waals surface area contributed by atoms with Gasteiger partial charge < -0.3 is 4.74 Å². The van der Waals surface area contributed by atoms with E-state index in [9.17, 15) is 4.79 Å². The highest BCUT2D eigenvalue weighted by molar-refractivity contribution is 14.1. The van der Waals surface area contributed by atoms with E-state index < -0.39 is 6.09 Å². The van der Waals surface area contributed by atoms with Crippen LogP contribution in [0.3, 0.4) is 0 Å². The number of ether oxygens (including phenoxy) is 1. The van der Waals surface area contributed by atoms with E-state index in [2.05, 4.69) is 21.0 Å². The molecule has 1 aromatic rings. The Morgan fingerprint density at radius 1 is 1.31 bits per heavy atom. The first-order valence-electron chi connectivity index (χ1n) is 4.61. The van der Waals surface area contributed by atoms with Crippen LogP contribution in [0.4, 0.5) is 4.79 Å². The van der Waals surface area contributed by atoms with Gasteiger partial charge in [-0.25, -0.2) is 4.79 Å². The maximum atomic E-state index is 10.7. The lowest BCUT2D eigenvalue weighted by Crippen LogP contribution is -2.25. The number of halogens is 2. The molecule has 6 heteroatoms. The molecule has 0 atom stereocenters. The molecular formula is C10H14ClIN2O2. The van der Waals surface area contributed by atoms with Gasteiger partial charge in [-0.2, -0.15) is 0 Å². The van der Waals surface area contributed by atoms with Gasteiger partial charge in [0, 0.05) is 6.54 Å². The number of rotatable bonds is 5. The van der Waals surface area contributed by atoms with E-state index >= 15 is 0 Å². The zero-order valence-electron chi connectivity index (χ0n) is 8.61. The molecule has 0 heterocycles. The highest BCUT2D eigenvalue weighted by Gasteiger charge is 1.96. The molecule has 0 saturated carbocycles. The Morgan fingerprint density at radius 3 is 2.62 bits per heavy atom. The first kappa shape index (κ1) is 15.5. The number of nitrogens with one attached hydrogen (secondary N) is 2. The quantitative estimate of drug-likeness (QED) is 0.368. The molecule has 4 nitrogen and oxygen atoms in total. The van der Waals surface area contributed by atoms with Gasteiger partial charge in [0.1, 0.15) is 6.73 Å². The Labute approximate surface area is 115 Å². The fourth-order valence-corrected chi connectivity index (χ4v) is 1.25. The molecular weight excluding hydrogens is 342 g/mol. The second kappa shape index (κ2) is 9.68. The summed E-state index contributed by atoms with van der Waals surface area (Å²) in [6.07, 6.45) is 0.499. The van der Waals surface area contributed by atoms with Gasteiger partial charge in [0.05, 0.1) is 22.9 Å². The summed E-state index contributed by atoms with van der Waals surface area (Å²) in [6.45, 7) is 1.03. The summed E-state index contributed by atoms with van der Waals surface area (Å²) in [4.78, 5) is 10.7. The second-order valence-electron chi connectivity index (χ2n) is 2.91. The summed E-state index contributed by atoms with van der Waals surface area (Å²) in [6, 6.07) is 10.1. The Kier molecular flexibility index (Phi) is 9.36. The van der Waals surface area contributed by atoms with Crippen LogP contribution >= 0.6 is 35.3 Å². The normalized spacial score (nSPS) is 9.06. The standard InChI is InChI=1S/C10H13IN2O2.ClH/c11-13-10(14)15-8-12-7-6-9-4-2-1-3-5-9;/h1-5,12H,6-8H2,(H,13,14);1H. The molecule has 1 aromatic carbocycles. The van der Waals surface area contributed by atoms with Gasteiger partial charge in [0.2, 0.25) is 0 Å². The molecule has 0 radical (unpaired) electrons. The zero-order chi connectivity index (χ0) is 10.9. The van der Waals surface area contributed by atoms with Crippen molar-refractivity contribution in [3.8, 4) is 0 Å². The van der Waals surface area contributed by atoms with Gasteiger partial charge >= 0.3 is 6.09 Å². The van der Waals surface area contributed by atoms with Crippen LogP contribution in [0.2, 0.25) is 0 Å². The van der Waals surface area contributed by atoms with Crippen molar-refractivity contribution in [2.24, 2.45) is 0 Å². The Morgan fingerprint density at radius 2 is 2.00 bits per heavy atom. The minimum atomic E-state index is -0.428. The molecule has 0 bridgehead atoms. The molecule has 0 aromatic heterocycles. The van der Waals surface area contributed by atoms with Crippen molar-refractivity contribution >= 4 is 41.4 Å². The summed E-state index contributed by atoms with van der Waals surface area (Å²) in [5.74, 6) is 0. The van der Waals surface area contributed by atoms with E-state index in [1.54, 1.807) is 22.9 Å². The van der Waals surface area contributed by atoms with Crippen molar-refractivity contribution in [3.63, 3.8) is 0 Å². The minimum absolute atomic E-state index is 0. The van der Waals surface area contributed by atoms with Gasteiger partial charge in [-0.1, -0.05) is 30.3 Å². The minimum Gasteiger partial charge on any atom is -0.433 e. The summed E-state index contributed by atoms with van der Waals surface area (Å²) < 4.78 is 7.10. The van der Waals surface area contributed by atoms with Crippen LogP contribution in [0.25, 0.3) is 0 Å². The third kappa shape index (κ3) is 6.86. The first-order valence-corrected chi connectivity index (χ1v) is 5.69. The molecule has 0 fully saturated rings. The van der Waals surface area contributed by atoms with E-state index in [1.807, 2.05) is 18.2 Å². The summed E-state index contributed by atoms with van der Waals surface area (Å²) in [5, 5.41) is 3.01. The van der Waals surface area contributed by atoms with Crippen LogP contribution in [0.15, 0.2) is 30.3 Å². The average Bonchev–Trinajstić information content (AvgIpc) is 2.29. The summed E-state index contributed by atoms with van der Waals surface area (Å²) in [7, 11) is 0. The smallest absolute Gasteiger partial charge is 0.417 e. The van der Waals surface area contributed by atoms with E-state index in [4.69, 9.17) is 4.74 Å². The van der Waals surface area contributed by atoms with Gasteiger partial charge in [0.25, 0.3) is 0 Å². The van der Waals surface area contributed by atoms with Crippen LogP contribution in [-0.2, 0) is 11.2 Å². The topological polar surface area (TPSA) is 50.4 Å². The summed E-state index contributed by atoms with van der Waals surface area (Å²) >= 11 is 1.73. The zero-order valence-corrected chi connectivity index (χ0v) is 11.6. The van der Waals surface area contributed by atoms with Crippen molar-refractivity contribution in [1.29, 1.82) is 0 Å². The van der Waals surface area contributed by atoms with Crippen molar-refractivity contribution in [1.82, 2.24) is 8.85 Å². The van der Waals surface area contributed by atoms with Gasteiger partial charge in [-0.15, -0.1) is 12.4 Å². The first-order chi connectivity index (χ1) is 7.33. The van der Waals surface area contributed by atoms with Crippen LogP contribution in [0, 0.1) is 0 Å². The molecule has 0 saturated heterocycles. The third-order valence-electron chi connectivity index (χ3n) is 1.82. The molecule has 0 spiro atoms. The maximum Gasteiger partial charge on any atom is 0.417 e. The predicted octanol–water partition coefficient (Wildman–Crippen LogP) is 2.27. The second-order valence-corrected chi connectivity index (χ2v) is 3.45.